The molecule has 43 heavy (non-hydrogen) atoms. The summed E-state index contributed by atoms with van der Waals surface area (Å²) in [4.78, 5) is 42.3. The summed E-state index contributed by atoms with van der Waals surface area (Å²) in [5, 5.41) is 10.6. The number of ether oxygens (including phenoxy) is 2. The molecular weight excluding hydrogens is 564 g/mol. The molecule has 1 unspecified atom stereocenters. The number of carbonyl (C=O) groups excluding carboxylic acids is 2. The number of nitrogens with one attached hydrogen (secondary N) is 1. The SMILES string of the molecule is COC(=O)CCCCCCOc1ccc(-c2ccc3c(=O)n(C(C(=O)Nc4nccs4)c4ccccc4)ncc3c2)cc1. The third-order valence-corrected chi connectivity index (χ3v) is 7.73. The highest BCUT2D eigenvalue weighted by atomic mass is 32.1. The molecule has 2 heterocycles. The number of hydrogen-bond donors (Lipinski definition) is 1. The van der Waals surface area contributed by atoms with Gasteiger partial charge >= 0.3 is 5.97 Å². The smallest absolute Gasteiger partial charge is 0.305 e. The molecule has 220 valence electrons. The summed E-state index contributed by atoms with van der Waals surface area (Å²) in [5.74, 6) is 0.222. The van der Waals surface area contributed by atoms with E-state index in [4.69, 9.17) is 4.74 Å². The molecule has 0 saturated heterocycles. The number of thiazole rings is 1. The fourth-order valence-electron chi connectivity index (χ4n) is 4.79. The van der Waals surface area contributed by atoms with Crippen molar-refractivity contribution < 1.29 is 19.1 Å². The summed E-state index contributed by atoms with van der Waals surface area (Å²) in [7, 11) is 1.41. The summed E-state index contributed by atoms with van der Waals surface area (Å²) < 4.78 is 11.8. The van der Waals surface area contributed by atoms with Crippen LogP contribution in [0, 0.1) is 0 Å². The Balaban J connectivity index is 1.28. The molecule has 0 spiro atoms. The largest absolute Gasteiger partial charge is 0.494 e. The zero-order chi connectivity index (χ0) is 30.0. The van der Waals surface area contributed by atoms with Gasteiger partial charge in [0.05, 0.1) is 25.3 Å². The molecule has 5 rings (SSSR count). The normalized spacial score (nSPS) is 11.7. The van der Waals surface area contributed by atoms with Gasteiger partial charge in [0.15, 0.2) is 11.2 Å². The lowest BCUT2D eigenvalue weighted by Crippen LogP contribution is -2.35. The lowest BCUT2D eigenvalue weighted by molar-refractivity contribution is -0.140. The van der Waals surface area contributed by atoms with Crippen molar-refractivity contribution in [3.05, 3.63) is 106 Å². The average Bonchev–Trinajstić information content (AvgIpc) is 3.55. The van der Waals surface area contributed by atoms with Gasteiger partial charge in [-0.25, -0.2) is 9.67 Å². The molecule has 10 heteroatoms. The lowest BCUT2D eigenvalue weighted by atomic mass is 10.0. The van der Waals surface area contributed by atoms with Crippen LogP contribution in [0.2, 0.25) is 0 Å². The molecule has 0 aliphatic heterocycles. The predicted molar refractivity (Wildman–Crippen MR) is 167 cm³/mol. The molecule has 1 N–H and O–H groups in total. The minimum Gasteiger partial charge on any atom is -0.494 e. The summed E-state index contributed by atoms with van der Waals surface area (Å²) in [6, 6.07) is 21.6. The first kappa shape index (κ1) is 29.7. The Morgan fingerprint density at radius 3 is 2.47 bits per heavy atom. The second-order valence-electron chi connectivity index (χ2n) is 9.95. The molecule has 1 atom stereocenters. The van der Waals surface area contributed by atoms with Crippen molar-refractivity contribution in [2.75, 3.05) is 19.0 Å². The lowest BCUT2D eigenvalue weighted by Gasteiger charge is -2.18. The van der Waals surface area contributed by atoms with Crippen LogP contribution >= 0.6 is 11.3 Å². The van der Waals surface area contributed by atoms with Crippen LogP contribution in [-0.4, -0.2) is 40.4 Å². The summed E-state index contributed by atoms with van der Waals surface area (Å²) >= 11 is 1.30. The van der Waals surface area contributed by atoms with Crippen molar-refractivity contribution in [2.45, 2.75) is 38.1 Å². The van der Waals surface area contributed by atoms with Crippen molar-refractivity contribution in [2.24, 2.45) is 0 Å². The molecule has 3 aromatic carbocycles. The quantitative estimate of drug-likeness (QED) is 0.126. The van der Waals surface area contributed by atoms with E-state index in [9.17, 15) is 14.4 Å². The van der Waals surface area contributed by atoms with Crippen LogP contribution in [0.4, 0.5) is 5.13 Å². The van der Waals surface area contributed by atoms with Gasteiger partial charge in [-0.05, 0) is 53.8 Å². The molecular formula is C33H32N4O5S. The maximum Gasteiger partial charge on any atom is 0.305 e. The number of unbranched alkanes of at least 4 members (excludes halogenated alkanes) is 3. The Kier molecular flexibility index (Phi) is 9.91. The number of aromatic nitrogens is 3. The second-order valence-corrected chi connectivity index (χ2v) is 10.8. The number of amides is 1. The number of benzene rings is 3. The van der Waals surface area contributed by atoms with Gasteiger partial charge in [-0.15, -0.1) is 11.3 Å². The van der Waals surface area contributed by atoms with Gasteiger partial charge in [-0.1, -0.05) is 61.4 Å². The number of rotatable bonds is 13. The Hall–Kier alpha value is -4.83. The number of anilines is 1. The molecule has 0 bridgehead atoms. The molecule has 1 amide bonds. The maximum atomic E-state index is 13.6. The van der Waals surface area contributed by atoms with Crippen LogP contribution in [0.15, 0.2) is 95.4 Å². The van der Waals surface area contributed by atoms with E-state index in [1.807, 2.05) is 54.6 Å². The third-order valence-electron chi connectivity index (χ3n) is 7.04. The predicted octanol–water partition coefficient (Wildman–Crippen LogP) is 6.25. The fraction of sp³-hybridized carbons (Fsp3) is 0.242. The fourth-order valence-corrected chi connectivity index (χ4v) is 5.32. The van der Waals surface area contributed by atoms with Gasteiger partial charge in [0.2, 0.25) is 0 Å². The van der Waals surface area contributed by atoms with E-state index in [1.165, 1.54) is 23.1 Å². The van der Waals surface area contributed by atoms with Crippen molar-refractivity contribution in [3.8, 4) is 16.9 Å². The van der Waals surface area contributed by atoms with Crippen LogP contribution in [0.1, 0.15) is 43.7 Å². The second kappa shape index (κ2) is 14.4. The van der Waals surface area contributed by atoms with Crippen LogP contribution < -0.4 is 15.6 Å². The van der Waals surface area contributed by atoms with E-state index in [2.05, 4.69) is 20.1 Å². The zero-order valence-electron chi connectivity index (χ0n) is 23.8. The van der Waals surface area contributed by atoms with Gasteiger partial charge < -0.3 is 9.47 Å². The highest BCUT2D eigenvalue weighted by Gasteiger charge is 2.26. The first-order valence-corrected chi connectivity index (χ1v) is 15.0. The van der Waals surface area contributed by atoms with Gasteiger partial charge in [0.25, 0.3) is 11.5 Å². The van der Waals surface area contributed by atoms with E-state index < -0.39 is 11.9 Å². The maximum absolute atomic E-state index is 13.6. The minimum absolute atomic E-state index is 0.166. The number of hydrogen-bond acceptors (Lipinski definition) is 8. The number of nitrogens with zero attached hydrogens (tertiary/aromatic N) is 3. The molecule has 5 aromatic rings. The topological polar surface area (TPSA) is 112 Å². The minimum atomic E-state index is -0.964. The third kappa shape index (κ3) is 7.52. The number of fused-ring (bicyclic) bond motifs is 1. The number of esters is 1. The molecule has 9 nitrogen and oxygen atoms in total. The van der Waals surface area contributed by atoms with E-state index in [-0.39, 0.29) is 11.5 Å². The van der Waals surface area contributed by atoms with Crippen molar-refractivity contribution >= 4 is 39.1 Å². The van der Waals surface area contributed by atoms with Crippen molar-refractivity contribution in [1.82, 2.24) is 14.8 Å². The standard InChI is InChI=1S/C33H32N4O5S/c1-41-29(38)11-7-2-3-8-19-42-27-15-12-23(13-16-27)25-14-17-28-26(21-25)22-35-37(32(28)40)30(24-9-5-4-6-10-24)31(39)36-33-34-18-20-43-33/h4-6,9-10,12-18,20-22,30H,2-3,7-8,11,19H2,1H3,(H,34,36,39). The van der Waals surface area contributed by atoms with E-state index in [0.29, 0.717) is 34.5 Å². The average molecular weight is 597 g/mol. The first-order valence-electron chi connectivity index (χ1n) is 14.1. The summed E-state index contributed by atoms with van der Waals surface area (Å²) in [5.41, 5.74) is 2.19. The summed E-state index contributed by atoms with van der Waals surface area (Å²) in [6.45, 7) is 0.608. The van der Waals surface area contributed by atoms with Gasteiger partial charge in [-0.3, -0.25) is 19.7 Å². The van der Waals surface area contributed by atoms with Crippen LogP contribution in [-0.2, 0) is 14.3 Å². The van der Waals surface area contributed by atoms with Crippen LogP contribution in [0.5, 0.6) is 5.75 Å². The zero-order valence-corrected chi connectivity index (χ0v) is 24.6. The van der Waals surface area contributed by atoms with E-state index in [0.717, 1.165) is 42.6 Å². The van der Waals surface area contributed by atoms with Gasteiger partial charge in [0, 0.05) is 23.4 Å². The van der Waals surface area contributed by atoms with Gasteiger partial charge in [0.1, 0.15) is 5.75 Å². The van der Waals surface area contributed by atoms with E-state index >= 15 is 0 Å². The molecule has 0 saturated carbocycles. The van der Waals surface area contributed by atoms with Crippen LogP contribution in [0.3, 0.4) is 0 Å². The molecule has 0 aliphatic carbocycles. The highest BCUT2D eigenvalue weighted by molar-refractivity contribution is 7.13. The van der Waals surface area contributed by atoms with Crippen LogP contribution in [0.25, 0.3) is 21.9 Å². The molecule has 2 aromatic heterocycles. The Morgan fingerprint density at radius 1 is 0.953 bits per heavy atom. The molecule has 0 fully saturated rings. The first-order chi connectivity index (χ1) is 21.0. The Bertz CT molecular complexity index is 1720. The van der Waals surface area contributed by atoms with Gasteiger partial charge in [-0.2, -0.15) is 5.10 Å². The number of carbonyl (C=O) groups is 2. The van der Waals surface area contributed by atoms with Crippen molar-refractivity contribution in [3.63, 3.8) is 0 Å². The highest BCUT2D eigenvalue weighted by Crippen LogP contribution is 2.26. The summed E-state index contributed by atoms with van der Waals surface area (Å²) in [6.07, 6.45) is 7.38. The molecule has 0 radical (unpaired) electrons. The Labute approximate surface area is 253 Å². The van der Waals surface area contributed by atoms with E-state index in [1.54, 1.807) is 36.0 Å². The monoisotopic (exact) mass is 596 g/mol. The van der Waals surface area contributed by atoms with Crippen molar-refractivity contribution in [1.29, 1.82) is 0 Å². The molecule has 0 aliphatic rings. The number of methoxy groups -OCH3 is 1. The Morgan fingerprint density at radius 2 is 1.72 bits per heavy atom.